The van der Waals surface area contributed by atoms with Crippen molar-refractivity contribution in [1.82, 2.24) is 4.31 Å². The second-order valence-corrected chi connectivity index (χ2v) is 8.72. The Hall–Kier alpha value is -2.35. The average Bonchev–Trinajstić information content (AvgIpc) is 3.12. The van der Waals surface area contributed by atoms with E-state index < -0.39 is 16.1 Å². The molecule has 5 nitrogen and oxygen atoms in total. The molecule has 0 unspecified atom stereocenters. The second-order valence-electron chi connectivity index (χ2n) is 5.71. The molecular weight excluding hydrogens is 392 g/mol. The lowest BCUT2D eigenvalue weighted by Crippen LogP contribution is -2.47. The first-order valence-corrected chi connectivity index (χ1v) is 10.5. The van der Waals surface area contributed by atoms with Crippen molar-refractivity contribution in [2.75, 3.05) is 4.90 Å². The molecule has 0 spiro atoms. The van der Waals surface area contributed by atoms with Crippen molar-refractivity contribution in [1.29, 1.82) is 0 Å². The molecule has 0 fully saturated rings. The summed E-state index contributed by atoms with van der Waals surface area (Å²) in [7, 11) is -3.91. The summed E-state index contributed by atoms with van der Waals surface area (Å²) in [6.45, 7) is -0.0264. The van der Waals surface area contributed by atoms with Gasteiger partial charge >= 0.3 is 6.03 Å². The Kier molecular flexibility index (Phi) is 4.22. The highest BCUT2D eigenvalue weighted by atomic mass is 35.5. The van der Waals surface area contributed by atoms with E-state index in [9.17, 15) is 13.2 Å². The molecule has 0 bridgehead atoms. The van der Waals surface area contributed by atoms with Crippen molar-refractivity contribution in [3.63, 3.8) is 0 Å². The number of nitrogens with zero attached hydrogens (tertiary/aromatic N) is 2. The van der Waals surface area contributed by atoms with Gasteiger partial charge in [0.1, 0.15) is 4.90 Å². The van der Waals surface area contributed by atoms with Gasteiger partial charge in [0.2, 0.25) is 0 Å². The van der Waals surface area contributed by atoms with E-state index in [2.05, 4.69) is 0 Å². The smallest absolute Gasteiger partial charge is 0.260 e. The summed E-state index contributed by atoms with van der Waals surface area (Å²) in [5, 5.41) is 3.76. The third kappa shape index (κ3) is 2.78. The van der Waals surface area contributed by atoms with Gasteiger partial charge in [-0.2, -0.15) is 0 Å². The lowest BCUT2D eigenvalue weighted by atomic mass is 10.2. The number of carbonyl (C=O) groups is 1. The van der Waals surface area contributed by atoms with Gasteiger partial charge in [0, 0.05) is 15.8 Å². The first-order valence-electron chi connectivity index (χ1n) is 7.71. The molecule has 1 aliphatic rings. The average molecular weight is 405 g/mol. The highest BCUT2D eigenvalue weighted by Crippen LogP contribution is 2.41. The Labute approximate surface area is 160 Å². The van der Waals surface area contributed by atoms with Gasteiger partial charge in [-0.1, -0.05) is 41.9 Å². The summed E-state index contributed by atoms with van der Waals surface area (Å²) >= 11 is 7.18. The van der Waals surface area contributed by atoms with Crippen molar-refractivity contribution in [3.05, 3.63) is 75.9 Å². The first kappa shape index (κ1) is 17.1. The molecule has 2 aromatic carbocycles. The summed E-state index contributed by atoms with van der Waals surface area (Å²) in [6, 6.07) is 15.2. The number of sulfonamides is 1. The monoisotopic (exact) mass is 404 g/mol. The molecule has 26 heavy (non-hydrogen) atoms. The molecule has 0 aliphatic carbocycles. The molecule has 0 N–H and O–H groups in total. The Morgan fingerprint density at radius 1 is 0.962 bits per heavy atom. The summed E-state index contributed by atoms with van der Waals surface area (Å²) in [5.41, 5.74) is 1.66. The number of hydrogen-bond acceptors (Lipinski definition) is 4. The maximum absolute atomic E-state index is 13.1. The maximum atomic E-state index is 13.1. The SMILES string of the molecule is O=C1N(c2ccc(Cl)cc2)c2cscc2S(=O)(=O)N1Cc1ccccc1. The zero-order chi connectivity index (χ0) is 18.3. The number of amides is 2. The van der Waals surface area contributed by atoms with Gasteiger partial charge in [0.15, 0.2) is 0 Å². The van der Waals surface area contributed by atoms with Crippen LogP contribution in [0.15, 0.2) is 70.3 Å². The van der Waals surface area contributed by atoms with E-state index in [0.717, 1.165) is 9.87 Å². The van der Waals surface area contributed by atoms with Crippen LogP contribution in [0.3, 0.4) is 0 Å². The van der Waals surface area contributed by atoms with Crippen LogP contribution in [0, 0.1) is 0 Å². The van der Waals surface area contributed by atoms with E-state index >= 15 is 0 Å². The molecule has 3 aromatic rings. The first-order chi connectivity index (χ1) is 12.5. The van der Waals surface area contributed by atoms with E-state index in [-0.39, 0.29) is 11.4 Å². The van der Waals surface area contributed by atoms with Crippen LogP contribution in [0.2, 0.25) is 5.02 Å². The number of rotatable bonds is 3. The second kappa shape index (κ2) is 6.42. The third-order valence-corrected chi connectivity index (χ3v) is 6.96. The summed E-state index contributed by atoms with van der Waals surface area (Å²) in [5.74, 6) is 0. The van der Waals surface area contributed by atoms with E-state index in [1.54, 1.807) is 47.2 Å². The topological polar surface area (TPSA) is 57.7 Å². The number of anilines is 2. The number of carbonyl (C=O) groups excluding carboxylic acids is 1. The lowest BCUT2D eigenvalue weighted by Gasteiger charge is -2.34. The van der Waals surface area contributed by atoms with E-state index in [0.29, 0.717) is 16.4 Å². The van der Waals surface area contributed by atoms with Crippen LogP contribution in [0.25, 0.3) is 0 Å². The number of benzene rings is 2. The van der Waals surface area contributed by atoms with Crippen LogP contribution in [0.5, 0.6) is 0 Å². The molecule has 2 amide bonds. The Bertz CT molecular complexity index is 1060. The van der Waals surface area contributed by atoms with Gasteiger partial charge in [0.25, 0.3) is 10.0 Å². The minimum atomic E-state index is -3.91. The number of urea groups is 1. The fraction of sp³-hybridized carbons (Fsp3) is 0.0556. The largest absolute Gasteiger partial charge is 0.343 e. The normalized spacial score (nSPS) is 15.8. The standard InChI is InChI=1S/C18H13ClN2O3S2/c19-14-6-8-15(9-7-14)21-16-11-25-12-17(16)26(23,24)20(18(21)22)10-13-4-2-1-3-5-13/h1-9,11-12H,10H2. The van der Waals surface area contributed by atoms with Crippen molar-refractivity contribution >= 4 is 50.4 Å². The predicted molar refractivity (Wildman–Crippen MR) is 102 cm³/mol. The molecular formula is C18H13ClN2O3S2. The molecule has 8 heteroatoms. The van der Waals surface area contributed by atoms with E-state index in [1.165, 1.54) is 16.2 Å². The van der Waals surface area contributed by atoms with Crippen molar-refractivity contribution < 1.29 is 13.2 Å². The number of fused-ring (bicyclic) bond motifs is 1. The van der Waals surface area contributed by atoms with Gasteiger partial charge < -0.3 is 0 Å². The minimum absolute atomic E-state index is 0.0264. The quantitative estimate of drug-likeness (QED) is 0.626. The van der Waals surface area contributed by atoms with E-state index in [4.69, 9.17) is 11.6 Å². The zero-order valence-corrected chi connectivity index (χ0v) is 15.8. The van der Waals surface area contributed by atoms with E-state index in [1.807, 2.05) is 18.2 Å². The van der Waals surface area contributed by atoms with Crippen LogP contribution in [0.4, 0.5) is 16.2 Å². The van der Waals surface area contributed by atoms with Crippen LogP contribution < -0.4 is 4.90 Å². The van der Waals surface area contributed by atoms with Crippen molar-refractivity contribution in [2.45, 2.75) is 11.4 Å². The van der Waals surface area contributed by atoms with Gasteiger partial charge in [0.05, 0.1) is 17.9 Å². The van der Waals surface area contributed by atoms with Gasteiger partial charge in [-0.15, -0.1) is 11.3 Å². The van der Waals surface area contributed by atoms with Gasteiger partial charge in [-0.25, -0.2) is 17.5 Å². The Morgan fingerprint density at radius 3 is 2.35 bits per heavy atom. The molecule has 0 saturated carbocycles. The van der Waals surface area contributed by atoms with Crippen molar-refractivity contribution in [2.24, 2.45) is 0 Å². The molecule has 1 aromatic heterocycles. The minimum Gasteiger partial charge on any atom is -0.260 e. The van der Waals surface area contributed by atoms with Crippen molar-refractivity contribution in [3.8, 4) is 0 Å². The van der Waals surface area contributed by atoms with Gasteiger partial charge in [-0.05, 0) is 29.8 Å². The molecule has 0 radical (unpaired) electrons. The van der Waals surface area contributed by atoms with Gasteiger partial charge in [-0.3, -0.25) is 4.90 Å². The lowest BCUT2D eigenvalue weighted by molar-refractivity contribution is 0.229. The molecule has 0 atom stereocenters. The highest BCUT2D eigenvalue weighted by Gasteiger charge is 2.42. The van der Waals surface area contributed by atoms with Crippen LogP contribution in [-0.2, 0) is 16.6 Å². The fourth-order valence-electron chi connectivity index (χ4n) is 2.81. The molecule has 132 valence electrons. The summed E-state index contributed by atoms with van der Waals surface area (Å²) in [6.07, 6.45) is 0. The summed E-state index contributed by atoms with van der Waals surface area (Å²) < 4.78 is 26.9. The fourth-order valence-corrected chi connectivity index (χ4v) is 5.60. The highest BCUT2D eigenvalue weighted by molar-refractivity contribution is 7.90. The van der Waals surface area contributed by atoms with Crippen LogP contribution >= 0.6 is 22.9 Å². The van der Waals surface area contributed by atoms with Crippen LogP contribution in [0.1, 0.15) is 5.56 Å². The molecule has 4 rings (SSSR count). The zero-order valence-electron chi connectivity index (χ0n) is 13.4. The predicted octanol–water partition coefficient (Wildman–Crippen LogP) is 4.86. The molecule has 1 aliphatic heterocycles. The third-order valence-electron chi connectivity index (χ3n) is 4.07. The van der Waals surface area contributed by atoms with Crippen LogP contribution in [-0.4, -0.2) is 18.8 Å². The number of thiophene rings is 1. The maximum Gasteiger partial charge on any atom is 0.343 e. The molecule has 0 saturated heterocycles. The number of hydrogen-bond donors (Lipinski definition) is 0. The molecule has 2 heterocycles. The Balaban J connectivity index is 1.84. The summed E-state index contributed by atoms with van der Waals surface area (Å²) in [4.78, 5) is 14.7. The number of halogens is 1. The Morgan fingerprint density at radius 2 is 1.65 bits per heavy atom.